The Labute approximate surface area is 78.5 Å². The predicted molar refractivity (Wildman–Crippen MR) is 53.5 cm³/mol. The van der Waals surface area contributed by atoms with Crippen LogP contribution in [0.1, 0.15) is 6.42 Å². The second-order valence-electron chi connectivity index (χ2n) is 2.76. The van der Waals surface area contributed by atoms with Gasteiger partial charge in [0.1, 0.15) is 5.76 Å². The number of hydrogen-bond donors (Lipinski definition) is 1. The molecule has 3 heteroatoms. The van der Waals surface area contributed by atoms with Crippen LogP contribution in [0.25, 0.3) is 0 Å². The van der Waals surface area contributed by atoms with Crippen LogP contribution < -0.4 is 0 Å². The van der Waals surface area contributed by atoms with Gasteiger partial charge in [-0.3, -0.25) is 5.41 Å². The maximum Gasteiger partial charge on any atom is 0.117 e. The molecule has 1 aliphatic rings. The molecule has 0 atom stereocenters. The van der Waals surface area contributed by atoms with Gasteiger partial charge in [0.25, 0.3) is 0 Å². The molecule has 0 bridgehead atoms. The van der Waals surface area contributed by atoms with Gasteiger partial charge in [0.2, 0.25) is 0 Å². The van der Waals surface area contributed by atoms with E-state index < -0.39 is 0 Å². The third-order valence-corrected chi connectivity index (χ3v) is 1.87. The Kier molecular flexibility index (Phi) is 3.31. The highest BCUT2D eigenvalue weighted by molar-refractivity contribution is 5.56. The Hall–Kier alpha value is -1.51. The summed E-state index contributed by atoms with van der Waals surface area (Å²) in [6, 6.07) is 0. The van der Waals surface area contributed by atoms with E-state index in [-0.39, 0.29) is 0 Å². The molecule has 0 aromatic rings. The van der Waals surface area contributed by atoms with E-state index in [1.807, 2.05) is 31.4 Å². The van der Waals surface area contributed by atoms with Crippen molar-refractivity contribution < 1.29 is 4.74 Å². The monoisotopic (exact) mass is 178 g/mol. The van der Waals surface area contributed by atoms with E-state index in [2.05, 4.69) is 0 Å². The highest BCUT2D eigenvalue weighted by atomic mass is 16.5. The van der Waals surface area contributed by atoms with Crippen LogP contribution in [-0.2, 0) is 4.74 Å². The number of nitrogens with one attached hydrogen (secondary N) is 1. The minimum Gasteiger partial charge on any atom is -0.497 e. The number of nitrogens with zero attached hydrogens (tertiary/aromatic N) is 1. The summed E-state index contributed by atoms with van der Waals surface area (Å²) in [6.07, 6.45) is 10.1. The second kappa shape index (κ2) is 4.50. The van der Waals surface area contributed by atoms with Crippen molar-refractivity contribution in [2.24, 2.45) is 0 Å². The molecule has 0 aromatic heterocycles. The largest absolute Gasteiger partial charge is 0.497 e. The van der Waals surface area contributed by atoms with E-state index in [1.54, 1.807) is 12.0 Å². The first-order valence-corrected chi connectivity index (χ1v) is 4.13. The molecule has 0 saturated heterocycles. The van der Waals surface area contributed by atoms with Gasteiger partial charge in [-0.1, -0.05) is 6.08 Å². The lowest BCUT2D eigenvalue weighted by Gasteiger charge is -2.13. The standard InChI is InChI=1S/C10H14N2O/c1-12(8-11)9-5-3-4-6-10(7-9)13-2/h3,5-8,11H,4H2,1-2H3. The van der Waals surface area contributed by atoms with Crippen LogP contribution >= 0.6 is 0 Å². The van der Waals surface area contributed by atoms with Crippen molar-refractivity contribution in [3.63, 3.8) is 0 Å². The summed E-state index contributed by atoms with van der Waals surface area (Å²) in [4.78, 5) is 1.73. The summed E-state index contributed by atoms with van der Waals surface area (Å²) in [7, 11) is 3.48. The average molecular weight is 178 g/mol. The highest BCUT2D eigenvalue weighted by Crippen LogP contribution is 2.12. The fourth-order valence-corrected chi connectivity index (χ4v) is 1.06. The van der Waals surface area contributed by atoms with Crippen LogP contribution in [0.2, 0.25) is 0 Å². The minimum atomic E-state index is 0.841. The molecule has 0 unspecified atom stereocenters. The Morgan fingerprint density at radius 3 is 3.00 bits per heavy atom. The number of rotatable bonds is 3. The van der Waals surface area contributed by atoms with Crippen molar-refractivity contribution in [1.29, 1.82) is 5.41 Å². The maximum absolute atomic E-state index is 7.11. The van der Waals surface area contributed by atoms with Crippen LogP contribution in [0.4, 0.5) is 0 Å². The summed E-state index contributed by atoms with van der Waals surface area (Å²) in [5.41, 5.74) is 0.959. The predicted octanol–water partition coefficient (Wildman–Crippen LogP) is 1.90. The Bertz CT molecular complexity index is 277. The summed E-state index contributed by atoms with van der Waals surface area (Å²) in [5, 5.41) is 7.11. The third kappa shape index (κ3) is 2.47. The minimum absolute atomic E-state index is 0.841. The first-order chi connectivity index (χ1) is 6.27. The molecule has 1 aliphatic carbocycles. The third-order valence-electron chi connectivity index (χ3n) is 1.87. The molecule has 0 aromatic carbocycles. The molecular weight excluding hydrogens is 164 g/mol. The molecule has 0 amide bonds. The lowest BCUT2D eigenvalue weighted by atomic mass is 10.3. The van der Waals surface area contributed by atoms with Gasteiger partial charge in [-0.2, -0.15) is 0 Å². The normalized spacial score (nSPS) is 15.5. The number of likely N-dealkylation sites (N-methyl/N-ethyl adjacent to an activating group) is 1. The number of allylic oxidation sites excluding steroid dienone is 4. The lowest BCUT2D eigenvalue weighted by molar-refractivity contribution is 0.304. The number of hydrogen-bond acceptors (Lipinski definition) is 2. The van der Waals surface area contributed by atoms with E-state index in [9.17, 15) is 0 Å². The van der Waals surface area contributed by atoms with Gasteiger partial charge < -0.3 is 9.64 Å². The number of methoxy groups -OCH3 is 1. The quantitative estimate of drug-likeness (QED) is 0.529. The second-order valence-corrected chi connectivity index (χ2v) is 2.76. The molecule has 0 aliphatic heterocycles. The number of ether oxygens (including phenoxy) is 1. The molecule has 1 rings (SSSR count). The first kappa shape index (κ1) is 9.58. The summed E-state index contributed by atoms with van der Waals surface area (Å²) in [6.45, 7) is 0. The molecule has 13 heavy (non-hydrogen) atoms. The van der Waals surface area contributed by atoms with Crippen molar-refractivity contribution in [2.45, 2.75) is 6.42 Å². The van der Waals surface area contributed by atoms with E-state index in [1.165, 1.54) is 6.34 Å². The molecule has 0 heterocycles. The van der Waals surface area contributed by atoms with Gasteiger partial charge in [-0.05, 0) is 18.6 Å². The molecule has 1 N–H and O–H groups in total. The summed E-state index contributed by atoms with van der Waals surface area (Å²) >= 11 is 0. The molecule has 70 valence electrons. The van der Waals surface area contributed by atoms with Crippen molar-refractivity contribution in [1.82, 2.24) is 4.90 Å². The van der Waals surface area contributed by atoms with Crippen molar-refractivity contribution in [3.05, 3.63) is 35.8 Å². The first-order valence-electron chi connectivity index (χ1n) is 4.13. The van der Waals surface area contributed by atoms with Gasteiger partial charge in [-0.25, -0.2) is 0 Å². The molecule has 0 saturated carbocycles. The van der Waals surface area contributed by atoms with Crippen LogP contribution in [0, 0.1) is 5.41 Å². The molecule has 3 nitrogen and oxygen atoms in total. The zero-order chi connectivity index (χ0) is 9.68. The summed E-state index contributed by atoms with van der Waals surface area (Å²) < 4.78 is 5.14. The van der Waals surface area contributed by atoms with Crippen molar-refractivity contribution in [2.75, 3.05) is 14.2 Å². The molecule has 0 radical (unpaired) electrons. The molecule has 0 spiro atoms. The fraction of sp³-hybridized carbons (Fsp3) is 0.300. The topological polar surface area (TPSA) is 36.3 Å². The SMILES string of the molecule is COC1=CCC=CC(N(C)C=N)=C1. The van der Waals surface area contributed by atoms with Crippen molar-refractivity contribution >= 4 is 6.34 Å². The molecular formula is C10H14N2O. The zero-order valence-corrected chi connectivity index (χ0v) is 7.95. The van der Waals surface area contributed by atoms with Crippen LogP contribution in [0.5, 0.6) is 0 Å². The fourth-order valence-electron chi connectivity index (χ4n) is 1.06. The van der Waals surface area contributed by atoms with E-state index in [0.29, 0.717) is 0 Å². The van der Waals surface area contributed by atoms with Gasteiger partial charge in [0.05, 0.1) is 13.4 Å². The van der Waals surface area contributed by atoms with Gasteiger partial charge in [0, 0.05) is 18.8 Å². The summed E-state index contributed by atoms with van der Waals surface area (Å²) in [5.74, 6) is 0.841. The van der Waals surface area contributed by atoms with Gasteiger partial charge in [0.15, 0.2) is 0 Å². The Morgan fingerprint density at radius 1 is 1.62 bits per heavy atom. The van der Waals surface area contributed by atoms with E-state index in [4.69, 9.17) is 10.1 Å². The Morgan fingerprint density at radius 2 is 2.38 bits per heavy atom. The van der Waals surface area contributed by atoms with Gasteiger partial charge >= 0.3 is 0 Å². The average Bonchev–Trinajstić information content (AvgIpc) is 2.41. The van der Waals surface area contributed by atoms with Crippen LogP contribution in [-0.4, -0.2) is 25.4 Å². The zero-order valence-electron chi connectivity index (χ0n) is 7.95. The van der Waals surface area contributed by atoms with E-state index in [0.717, 1.165) is 17.9 Å². The van der Waals surface area contributed by atoms with Crippen LogP contribution in [0.3, 0.4) is 0 Å². The van der Waals surface area contributed by atoms with E-state index >= 15 is 0 Å². The van der Waals surface area contributed by atoms with Crippen LogP contribution in [0.15, 0.2) is 35.8 Å². The van der Waals surface area contributed by atoms with Crippen molar-refractivity contribution in [3.8, 4) is 0 Å². The Balaban J connectivity index is 2.87. The van der Waals surface area contributed by atoms with Gasteiger partial charge in [-0.15, -0.1) is 0 Å². The smallest absolute Gasteiger partial charge is 0.117 e. The lowest BCUT2D eigenvalue weighted by Crippen LogP contribution is -2.13. The maximum atomic E-state index is 7.11. The highest BCUT2D eigenvalue weighted by Gasteiger charge is 2.02. The molecule has 0 fully saturated rings.